The lowest BCUT2D eigenvalue weighted by Gasteiger charge is -2.06. The Hall–Kier alpha value is -3.88. The molecule has 11 heteroatoms. The summed E-state index contributed by atoms with van der Waals surface area (Å²) in [4.78, 5) is 15.2. The molecule has 1 heterocycles. The molecule has 0 bridgehead atoms. The number of nitriles is 1. The van der Waals surface area contributed by atoms with Crippen molar-refractivity contribution in [3.63, 3.8) is 0 Å². The standard InChI is InChI=1S/C20H17N5O4S2/c1-29-16-4-2-3-13(9-16)18-12-30-19(24-18)14(10-21)11-23-15-5-7-17(8-6-15)31(27,28)25-20(22)26/h2-9,11-12,23H,1H3,(H3,22,25,26)/b14-11+. The highest BCUT2D eigenvalue weighted by Gasteiger charge is 2.15. The van der Waals surface area contributed by atoms with Crippen molar-refractivity contribution < 1.29 is 17.9 Å². The van der Waals surface area contributed by atoms with E-state index in [4.69, 9.17) is 10.5 Å². The number of nitrogens with zero attached hydrogens (tertiary/aromatic N) is 2. The molecule has 0 fully saturated rings. The van der Waals surface area contributed by atoms with Crippen LogP contribution in [0.2, 0.25) is 0 Å². The number of hydrogen-bond donors (Lipinski definition) is 3. The van der Waals surface area contributed by atoms with Crippen LogP contribution in [0, 0.1) is 11.3 Å². The lowest BCUT2D eigenvalue weighted by atomic mass is 10.1. The Bertz CT molecular complexity index is 1280. The molecule has 0 saturated heterocycles. The Morgan fingerprint density at radius 2 is 2.00 bits per heavy atom. The second-order valence-electron chi connectivity index (χ2n) is 6.08. The fourth-order valence-corrected chi connectivity index (χ4v) is 4.20. The van der Waals surface area contributed by atoms with Crippen molar-refractivity contribution in [2.24, 2.45) is 5.73 Å². The molecule has 0 saturated carbocycles. The van der Waals surface area contributed by atoms with Gasteiger partial charge in [-0.25, -0.2) is 22.9 Å². The van der Waals surface area contributed by atoms with Gasteiger partial charge in [0.1, 0.15) is 22.4 Å². The molecule has 31 heavy (non-hydrogen) atoms. The van der Waals surface area contributed by atoms with Crippen LogP contribution in [0.1, 0.15) is 5.01 Å². The van der Waals surface area contributed by atoms with Crippen LogP contribution in [0.5, 0.6) is 5.75 Å². The number of ether oxygens (including phenoxy) is 1. The zero-order valence-corrected chi connectivity index (χ0v) is 17.8. The van der Waals surface area contributed by atoms with E-state index in [-0.39, 0.29) is 4.90 Å². The number of sulfonamides is 1. The second kappa shape index (κ2) is 9.29. The van der Waals surface area contributed by atoms with Gasteiger partial charge in [-0.05, 0) is 36.4 Å². The Labute approximate surface area is 182 Å². The number of allylic oxidation sites excluding steroid dienone is 1. The average molecular weight is 456 g/mol. The molecule has 2 aromatic carbocycles. The number of primary amides is 1. The third-order valence-corrected chi connectivity index (χ3v) is 6.24. The molecule has 3 rings (SSSR count). The van der Waals surface area contributed by atoms with Gasteiger partial charge in [0.15, 0.2) is 0 Å². The number of anilines is 1. The lowest BCUT2D eigenvalue weighted by molar-refractivity contribution is 0.253. The van der Waals surface area contributed by atoms with E-state index in [2.05, 4.69) is 16.4 Å². The summed E-state index contributed by atoms with van der Waals surface area (Å²) in [5, 5.41) is 14.8. The number of carbonyl (C=O) groups is 1. The first-order chi connectivity index (χ1) is 14.8. The molecule has 0 spiro atoms. The van der Waals surface area contributed by atoms with Gasteiger partial charge in [-0.3, -0.25) is 0 Å². The van der Waals surface area contributed by atoms with Crippen molar-refractivity contribution in [2.45, 2.75) is 4.90 Å². The summed E-state index contributed by atoms with van der Waals surface area (Å²) in [5.41, 5.74) is 7.30. The lowest BCUT2D eigenvalue weighted by Crippen LogP contribution is -2.34. The molecule has 9 nitrogen and oxygen atoms in total. The minimum Gasteiger partial charge on any atom is -0.497 e. The van der Waals surface area contributed by atoms with Crippen LogP contribution in [0.25, 0.3) is 16.8 Å². The van der Waals surface area contributed by atoms with E-state index in [0.29, 0.717) is 22.0 Å². The SMILES string of the molecule is COc1cccc(-c2csc(/C(C#N)=C/Nc3ccc(S(=O)(=O)NC(N)=O)cc3)n2)c1. The van der Waals surface area contributed by atoms with Crippen LogP contribution in [-0.2, 0) is 10.0 Å². The number of thiazole rings is 1. The number of hydrogen-bond acceptors (Lipinski definition) is 8. The number of urea groups is 1. The largest absolute Gasteiger partial charge is 0.497 e. The van der Waals surface area contributed by atoms with Gasteiger partial charge in [-0.15, -0.1) is 11.3 Å². The maximum absolute atomic E-state index is 11.9. The molecule has 3 aromatic rings. The minimum absolute atomic E-state index is 0.121. The topological polar surface area (TPSA) is 147 Å². The van der Waals surface area contributed by atoms with Gasteiger partial charge in [-0.1, -0.05) is 12.1 Å². The van der Waals surface area contributed by atoms with Crippen molar-refractivity contribution in [3.05, 3.63) is 65.1 Å². The molecule has 0 aliphatic rings. The third kappa shape index (κ3) is 5.39. The van der Waals surface area contributed by atoms with Crippen LogP contribution in [0.4, 0.5) is 10.5 Å². The summed E-state index contributed by atoms with van der Waals surface area (Å²) in [5.74, 6) is 0.709. The number of rotatable bonds is 7. The van der Waals surface area contributed by atoms with E-state index in [1.807, 2.05) is 29.6 Å². The fourth-order valence-electron chi connectivity index (χ4n) is 2.53. The summed E-state index contributed by atoms with van der Waals surface area (Å²) in [6.07, 6.45) is 1.49. The Morgan fingerprint density at radius 3 is 2.65 bits per heavy atom. The van der Waals surface area contributed by atoms with Gasteiger partial charge in [0.2, 0.25) is 0 Å². The molecule has 2 amide bonds. The fraction of sp³-hybridized carbons (Fsp3) is 0.0500. The summed E-state index contributed by atoms with van der Waals surface area (Å²) in [7, 11) is -2.43. The van der Waals surface area contributed by atoms with Gasteiger partial charge in [0.05, 0.1) is 17.7 Å². The number of nitrogens with two attached hydrogens (primary N) is 1. The number of nitrogens with one attached hydrogen (secondary N) is 2. The maximum Gasteiger partial charge on any atom is 0.326 e. The quantitative estimate of drug-likeness (QED) is 0.464. The van der Waals surface area contributed by atoms with Crippen molar-refractivity contribution in [1.29, 1.82) is 5.26 Å². The van der Waals surface area contributed by atoms with Crippen molar-refractivity contribution in [1.82, 2.24) is 9.71 Å². The van der Waals surface area contributed by atoms with Gasteiger partial charge in [-0.2, -0.15) is 5.26 Å². The summed E-state index contributed by atoms with van der Waals surface area (Å²) in [6, 6.07) is 14.0. The summed E-state index contributed by atoms with van der Waals surface area (Å²) in [6.45, 7) is 0. The molecule has 0 aliphatic heterocycles. The monoisotopic (exact) mass is 455 g/mol. The van der Waals surface area contributed by atoms with E-state index < -0.39 is 16.1 Å². The summed E-state index contributed by atoms with van der Waals surface area (Å²) >= 11 is 1.32. The van der Waals surface area contributed by atoms with E-state index in [0.717, 1.165) is 11.3 Å². The molecule has 0 radical (unpaired) electrons. The van der Waals surface area contributed by atoms with Crippen LogP contribution in [0.15, 0.2) is 65.0 Å². The Kier molecular flexibility index (Phi) is 6.54. The normalized spacial score (nSPS) is 11.4. The highest BCUT2D eigenvalue weighted by Crippen LogP contribution is 2.28. The van der Waals surface area contributed by atoms with Crippen LogP contribution in [-0.4, -0.2) is 26.5 Å². The van der Waals surface area contributed by atoms with Crippen molar-refractivity contribution in [3.8, 4) is 23.1 Å². The predicted octanol–water partition coefficient (Wildman–Crippen LogP) is 3.15. The number of amides is 2. The van der Waals surface area contributed by atoms with E-state index in [1.54, 1.807) is 11.8 Å². The highest BCUT2D eigenvalue weighted by atomic mass is 32.2. The molecule has 4 N–H and O–H groups in total. The first-order valence-electron chi connectivity index (χ1n) is 8.72. The van der Waals surface area contributed by atoms with Crippen molar-refractivity contribution >= 4 is 38.7 Å². The Morgan fingerprint density at radius 1 is 1.26 bits per heavy atom. The van der Waals surface area contributed by atoms with Gasteiger partial charge >= 0.3 is 6.03 Å². The predicted molar refractivity (Wildman–Crippen MR) is 118 cm³/mol. The van der Waals surface area contributed by atoms with E-state index in [1.165, 1.54) is 41.8 Å². The number of benzene rings is 2. The second-order valence-corrected chi connectivity index (χ2v) is 8.62. The Balaban J connectivity index is 1.77. The molecule has 158 valence electrons. The molecule has 0 atom stereocenters. The molecule has 0 unspecified atom stereocenters. The minimum atomic E-state index is -4.02. The highest BCUT2D eigenvalue weighted by molar-refractivity contribution is 7.90. The zero-order chi connectivity index (χ0) is 22.4. The van der Waals surface area contributed by atoms with Crippen LogP contribution < -0.4 is 20.5 Å². The van der Waals surface area contributed by atoms with E-state index in [9.17, 15) is 18.5 Å². The third-order valence-electron chi connectivity index (χ3n) is 4.00. The van der Waals surface area contributed by atoms with E-state index >= 15 is 0 Å². The van der Waals surface area contributed by atoms with Gasteiger partial charge in [0.25, 0.3) is 10.0 Å². The number of methoxy groups -OCH3 is 1. The average Bonchev–Trinajstić information content (AvgIpc) is 3.24. The molecular formula is C20H17N5O4S2. The first-order valence-corrected chi connectivity index (χ1v) is 11.1. The smallest absolute Gasteiger partial charge is 0.326 e. The molecular weight excluding hydrogens is 438 g/mol. The first kappa shape index (κ1) is 21.8. The zero-order valence-electron chi connectivity index (χ0n) is 16.2. The van der Waals surface area contributed by atoms with Crippen LogP contribution in [0.3, 0.4) is 0 Å². The molecule has 1 aromatic heterocycles. The van der Waals surface area contributed by atoms with Crippen molar-refractivity contribution in [2.75, 3.05) is 12.4 Å². The van der Waals surface area contributed by atoms with Gasteiger partial charge < -0.3 is 15.8 Å². The summed E-state index contributed by atoms with van der Waals surface area (Å²) < 4.78 is 30.7. The van der Waals surface area contributed by atoms with Gasteiger partial charge in [0, 0.05) is 22.8 Å². The molecule has 0 aliphatic carbocycles. The maximum atomic E-state index is 11.9. The van der Waals surface area contributed by atoms with Crippen LogP contribution >= 0.6 is 11.3 Å². The number of carbonyl (C=O) groups excluding carboxylic acids is 1. The number of aromatic nitrogens is 1.